The average molecular weight is 291 g/mol. The second kappa shape index (κ2) is 5.59. The van der Waals surface area contributed by atoms with Crippen LogP contribution in [0.5, 0.6) is 0 Å². The number of carbonyl (C=O) groups excluding carboxylic acids is 1. The first-order chi connectivity index (χ1) is 10.1. The SMILES string of the molecule is CC1CCN(C(=O)Cn2nc(-c3ccco3)oc2=O)CC1. The molecular formula is C14H17N3O4. The van der Waals surface area contributed by atoms with Crippen molar-refractivity contribution in [2.24, 2.45) is 5.92 Å². The van der Waals surface area contributed by atoms with E-state index in [-0.39, 0.29) is 18.3 Å². The maximum atomic E-state index is 12.2. The molecule has 0 spiro atoms. The lowest BCUT2D eigenvalue weighted by Gasteiger charge is -2.30. The van der Waals surface area contributed by atoms with Gasteiger partial charge in [-0.15, -0.1) is 5.10 Å². The van der Waals surface area contributed by atoms with Gasteiger partial charge in [0.15, 0.2) is 5.76 Å². The van der Waals surface area contributed by atoms with Crippen molar-refractivity contribution < 1.29 is 13.6 Å². The molecule has 112 valence electrons. The Kier molecular flexibility index (Phi) is 3.64. The molecule has 1 saturated heterocycles. The summed E-state index contributed by atoms with van der Waals surface area (Å²) in [4.78, 5) is 25.7. The van der Waals surface area contributed by atoms with Crippen LogP contribution in [0, 0.1) is 5.92 Å². The van der Waals surface area contributed by atoms with Gasteiger partial charge in [-0.2, -0.15) is 4.68 Å². The highest BCUT2D eigenvalue weighted by molar-refractivity contribution is 5.76. The quantitative estimate of drug-likeness (QED) is 0.852. The molecule has 2 aromatic heterocycles. The number of amides is 1. The highest BCUT2D eigenvalue weighted by Crippen LogP contribution is 2.17. The molecule has 0 aliphatic carbocycles. The molecule has 21 heavy (non-hydrogen) atoms. The van der Waals surface area contributed by atoms with Crippen LogP contribution < -0.4 is 5.76 Å². The smallest absolute Gasteiger partial charge is 0.437 e. The maximum absolute atomic E-state index is 12.2. The van der Waals surface area contributed by atoms with Crippen molar-refractivity contribution in [3.63, 3.8) is 0 Å². The van der Waals surface area contributed by atoms with Crippen molar-refractivity contribution in [2.45, 2.75) is 26.3 Å². The Hall–Kier alpha value is -2.31. The molecule has 1 aliphatic rings. The van der Waals surface area contributed by atoms with Crippen LogP contribution in [0.2, 0.25) is 0 Å². The van der Waals surface area contributed by atoms with E-state index in [4.69, 9.17) is 8.83 Å². The van der Waals surface area contributed by atoms with E-state index in [1.165, 1.54) is 6.26 Å². The Morgan fingerprint density at radius 3 is 2.86 bits per heavy atom. The zero-order valence-electron chi connectivity index (χ0n) is 11.8. The Bertz CT molecular complexity index is 663. The zero-order valence-corrected chi connectivity index (χ0v) is 11.8. The van der Waals surface area contributed by atoms with Gasteiger partial charge in [0.1, 0.15) is 6.54 Å². The van der Waals surface area contributed by atoms with E-state index in [1.54, 1.807) is 17.0 Å². The monoisotopic (exact) mass is 291 g/mol. The predicted molar refractivity (Wildman–Crippen MR) is 73.4 cm³/mol. The van der Waals surface area contributed by atoms with Gasteiger partial charge in [0.05, 0.1) is 6.26 Å². The van der Waals surface area contributed by atoms with E-state index in [0.29, 0.717) is 11.7 Å². The van der Waals surface area contributed by atoms with Gasteiger partial charge in [0.25, 0.3) is 5.89 Å². The molecule has 2 aromatic rings. The standard InChI is InChI=1S/C14H17N3O4/c1-10-4-6-16(7-5-10)12(18)9-17-14(19)21-13(15-17)11-3-2-8-20-11/h2-3,8,10H,4-7,9H2,1H3. The summed E-state index contributed by atoms with van der Waals surface area (Å²) < 4.78 is 11.2. The molecule has 0 radical (unpaired) electrons. The fraction of sp³-hybridized carbons (Fsp3) is 0.500. The van der Waals surface area contributed by atoms with Gasteiger partial charge < -0.3 is 13.7 Å². The Balaban J connectivity index is 1.70. The van der Waals surface area contributed by atoms with E-state index in [9.17, 15) is 9.59 Å². The van der Waals surface area contributed by atoms with E-state index in [2.05, 4.69) is 12.0 Å². The van der Waals surface area contributed by atoms with Crippen LogP contribution in [0.3, 0.4) is 0 Å². The van der Waals surface area contributed by atoms with Gasteiger partial charge in [-0.1, -0.05) is 6.92 Å². The molecule has 3 rings (SSSR count). The third-order valence-corrected chi connectivity index (χ3v) is 3.76. The number of hydrogen-bond donors (Lipinski definition) is 0. The lowest BCUT2D eigenvalue weighted by molar-refractivity contribution is -0.133. The molecule has 0 aromatic carbocycles. The minimum absolute atomic E-state index is 0.0880. The van der Waals surface area contributed by atoms with Crippen LogP contribution in [0.4, 0.5) is 0 Å². The maximum Gasteiger partial charge on any atom is 0.437 e. The summed E-state index contributed by atoms with van der Waals surface area (Å²) in [5.74, 6) is 0.341. The van der Waals surface area contributed by atoms with E-state index < -0.39 is 5.76 Å². The molecule has 7 nitrogen and oxygen atoms in total. The van der Waals surface area contributed by atoms with Crippen molar-refractivity contribution in [1.82, 2.24) is 14.7 Å². The van der Waals surface area contributed by atoms with Gasteiger partial charge in [0.2, 0.25) is 5.91 Å². The second-order valence-corrected chi connectivity index (χ2v) is 5.37. The fourth-order valence-corrected chi connectivity index (χ4v) is 2.39. The molecule has 0 atom stereocenters. The molecule has 1 aliphatic heterocycles. The van der Waals surface area contributed by atoms with Crippen molar-refractivity contribution in [3.05, 3.63) is 28.9 Å². The normalized spacial score (nSPS) is 16.3. The first-order valence-corrected chi connectivity index (χ1v) is 7.03. The van der Waals surface area contributed by atoms with Crippen LogP contribution in [-0.4, -0.2) is 33.7 Å². The number of aromatic nitrogens is 2. The number of rotatable bonds is 3. The van der Waals surface area contributed by atoms with Crippen molar-refractivity contribution in [2.75, 3.05) is 13.1 Å². The van der Waals surface area contributed by atoms with E-state index >= 15 is 0 Å². The summed E-state index contributed by atoms with van der Waals surface area (Å²) in [7, 11) is 0. The molecule has 0 saturated carbocycles. The summed E-state index contributed by atoms with van der Waals surface area (Å²) in [5.41, 5.74) is 0. The van der Waals surface area contributed by atoms with Crippen molar-refractivity contribution in [1.29, 1.82) is 0 Å². The Labute approximate surface area is 121 Å². The largest absolute Gasteiger partial charge is 0.459 e. The highest BCUT2D eigenvalue weighted by Gasteiger charge is 2.22. The number of piperidine rings is 1. The number of carbonyl (C=O) groups is 1. The summed E-state index contributed by atoms with van der Waals surface area (Å²) in [6.45, 7) is 3.55. The number of nitrogens with zero attached hydrogens (tertiary/aromatic N) is 3. The molecule has 0 unspecified atom stereocenters. The summed E-state index contributed by atoms with van der Waals surface area (Å²) in [5, 5.41) is 4.00. The number of likely N-dealkylation sites (tertiary alicyclic amines) is 1. The van der Waals surface area contributed by atoms with Crippen LogP contribution in [0.15, 0.2) is 32.0 Å². The average Bonchev–Trinajstić information content (AvgIpc) is 3.10. The third-order valence-electron chi connectivity index (χ3n) is 3.76. The minimum Gasteiger partial charge on any atom is -0.459 e. The van der Waals surface area contributed by atoms with E-state index in [0.717, 1.165) is 30.6 Å². The molecule has 0 bridgehead atoms. The van der Waals surface area contributed by atoms with Gasteiger partial charge in [0, 0.05) is 13.1 Å². The first-order valence-electron chi connectivity index (χ1n) is 7.03. The van der Waals surface area contributed by atoms with Gasteiger partial charge in [-0.05, 0) is 30.9 Å². The molecular weight excluding hydrogens is 274 g/mol. The molecule has 1 fully saturated rings. The third kappa shape index (κ3) is 2.91. The molecule has 0 N–H and O–H groups in total. The second-order valence-electron chi connectivity index (χ2n) is 5.37. The summed E-state index contributed by atoms with van der Waals surface area (Å²) >= 11 is 0. The Morgan fingerprint density at radius 1 is 1.43 bits per heavy atom. The van der Waals surface area contributed by atoms with E-state index in [1.807, 2.05) is 0 Å². The predicted octanol–water partition coefficient (Wildman–Crippen LogP) is 1.35. The van der Waals surface area contributed by atoms with Crippen molar-refractivity contribution >= 4 is 5.91 Å². The first kappa shape index (κ1) is 13.7. The van der Waals surface area contributed by atoms with Crippen LogP contribution >= 0.6 is 0 Å². The van der Waals surface area contributed by atoms with Gasteiger partial charge in [-0.25, -0.2) is 4.79 Å². The van der Waals surface area contributed by atoms with Gasteiger partial charge >= 0.3 is 5.76 Å². The van der Waals surface area contributed by atoms with Crippen molar-refractivity contribution in [3.8, 4) is 11.7 Å². The molecule has 7 heteroatoms. The molecule has 3 heterocycles. The number of furan rings is 1. The van der Waals surface area contributed by atoms with Gasteiger partial charge in [-0.3, -0.25) is 4.79 Å². The lowest BCUT2D eigenvalue weighted by Crippen LogP contribution is -2.41. The molecule has 1 amide bonds. The van der Waals surface area contributed by atoms with Crippen LogP contribution in [-0.2, 0) is 11.3 Å². The minimum atomic E-state index is -0.653. The van der Waals surface area contributed by atoms with Crippen LogP contribution in [0.1, 0.15) is 19.8 Å². The summed E-state index contributed by atoms with van der Waals surface area (Å²) in [6, 6.07) is 3.32. The van der Waals surface area contributed by atoms with Crippen LogP contribution in [0.25, 0.3) is 11.7 Å². The fourth-order valence-electron chi connectivity index (χ4n) is 2.39. The lowest BCUT2D eigenvalue weighted by atomic mass is 9.99. The number of hydrogen-bond acceptors (Lipinski definition) is 5. The Morgan fingerprint density at radius 2 is 2.19 bits per heavy atom. The summed E-state index contributed by atoms with van der Waals surface area (Å²) in [6.07, 6.45) is 3.46. The zero-order chi connectivity index (χ0) is 14.8. The topological polar surface area (TPSA) is 81.5 Å². The highest BCUT2D eigenvalue weighted by atomic mass is 16.4.